The first-order valence-electron chi connectivity index (χ1n) is 9.58. The van der Waals surface area contributed by atoms with Gasteiger partial charge in [0.25, 0.3) is 5.56 Å². The molecule has 0 aliphatic heterocycles. The van der Waals surface area contributed by atoms with E-state index in [1.807, 2.05) is 66.0 Å². The number of H-pyrrole nitrogens is 1. The number of nitrogens with zero attached hydrogens (tertiary/aromatic N) is 3. The van der Waals surface area contributed by atoms with Crippen molar-refractivity contribution in [2.24, 2.45) is 0 Å². The first kappa shape index (κ1) is 18.9. The van der Waals surface area contributed by atoms with Gasteiger partial charge in [-0.15, -0.1) is 11.3 Å². The van der Waals surface area contributed by atoms with Crippen LogP contribution in [0.25, 0.3) is 26.9 Å². The molecule has 150 valence electrons. The Balaban J connectivity index is 1.41. The number of hydrogen-bond donors (Lipinski definition) is 1. The summed E-state index contributed by atoms with van der Waals surface area (Å²) in [5.74, 6) is 0.738. The second-order valence-electron chi connectivity index (χ2n) is 6.81. The van der Waals surface area contributed by atoms with Crippen LogP contribution in [-0.2, 0) is 6.54 Å². The Morgan fingerprint density at radius 3 is 2.67 bits per heavy atom. The Bertz CT molecular complexity index is 1450. The third kappa shape index (κ3) is 3.38. The molecule has 0 unspecified atom stereocenters. The predicted octanol–water partition coefficient (Wildman–Crippen LogP) is 4.27. The van der Waals surface area contributed by atoms with Crippen LogP contribution < -0.4 is 11.2 Å². The monoisotopic (exact) mass is 434 g/mol. The molecule has 0 spiro atoms. The molecule has 5 rings (SSSR count). The molecule has 30 heavy (non-hydrogen) atoms. The van der Waals surface area contributed by atoms with E-state index in [-0.39, 0.29) is 11.2 Å². The van der Waals surface area contributed by atoms with Crippen LogP contribution in [0.2, 0.25) is 0 Å². The van der Waals surface area contributed by atoms with Crippen LogP contribution in [0.1, 0.15) is 6.42 Å². The van der Waals surface area contributed by atoms with Crippen molar-refractivity contribution in [2.75, 3.05) is 5.75 Å². The Labute approximate surface area is 179 Å². The minimum Gasteiger partial charge on any atom is -0.306 e. The number of aromatic amines is 1. The van der Waals surface area contributed by atoms with E-state index < -0.39 is 0 Å². The van der Waals surface area contributed by atoms with Gasteiger partial charge in [0.1, 0.15) is 4.83 Å². The van der Waals surface area contributed by atoms with Gasteiger partial charge < -0.3 is 4.98 Å². The van der Waals surface area contributed by atoms with E-state index in [0.717, 1.165) is 33.7 Å². The molecule has 2 aromatic carbocycles. The number of thiophene rings is 1. The zero-order chi connectivity index (χ0) is 20.5. The highest BCUT2D eigenvalue weighted by Gasteiger charge is 2.14. The average molecular weight is 435 g/mol. The Kier molecular flexibility index (Phi) is 5.02. The highest BCUT2D eigenvalue weighted by molar-refractivity contribution is 7.99. The van der Waals surface area contributed by atoms with Crippen molar-refractivity contribution in [3.63, 3.8) is 0 Å². The van der Waals surface area contributed by atoms with Crippen LogP contribution in [0.5, 0.6) is 0 Å². The van der Waals surface area contributed by atoms with Gasteiger partial charge in [0.05, 0.1) is 22.1 Å². The highest BCUT2D eigenvalue weighted by Crippen LogP contribution is 2.24. The topological polar surface area (TPSA) is 72.7 Å². The molecule has 0 saturated heterocycles. The summed E-state index contributed by atoms with van der Waals surface area (Å²) in [4.78, 5) is 33.7. The van der Waals surface area contributed by atoms with E-state index in [0.29, 0.717) is 17.1 Å². The lowest BCUT2D eigenvalue weighted by Crippen LogP contribution is -2.21. The van der Waals surface area contributed by atoms with Gasteiger partial charge in [0.2, 0.25) is 0 Å². The molecule has 0 fully saturated rings. The van der Waals surface area contributed by atoms with E-state index in [1.54, 1.807) is 20.9 Å². The lowest BCUT2D eigenvalue weighted by molar-refractivity contribution is 0.678. The molecule has 0 atom stereocenters. The van der Waals surface area contributed by atoms with Crippen molar-refractivity contribution in [3.8, 4) is 5.69 Å². The third-order valence-corrected chi connectivity index (χ3v) is 6.75. The number of para-hydroxylation sites is 3. The van der Waals surface area contributed by atoms with Gasteiger partial charge >= 0.3 is 5.69 Å². The van der Waals surface area contributed by atoms with Crippen molar-refractivity contribution in [1.82, 2.24) is 19.1 Å². The standard InChI is InChI=1S/C22H18N4O2S2/c27-20-16-11-14-29-19(16)24-22(26(20)15-7-2-1-3-8-15)30-13-6-12-25-18-10-5-4-9-17(18)23-21(25)28/h1-5,7-11,14H,6,12-13H2,(H,23,28). The minimum absolute atomic E-state index is 0.0530. The molecular weight excluding hydrogens is 416 g/mol. The van der Waals surface area contributed by atoms with E-state index in [1.165, 1.54) is 11.3 Å². The summed E-state index contributed by atoms with van der Waals surface area (Å²) in [6.07, 6.45) is 0.777. The molecule has 0 saturated carbocycles. The number of fused-ring (bicyclic) bond motifs is 2. The number of aromatic nitrogens is 4. The molecule has 0 aliphatic rings. The van der Waals surface area contributed by atoms with Crippen LogP contribution in [0.3, 0.4) is 0 Å². The van der Waals surface area contributed by atoms with E-state index in [2.05, 4.69) is 4.98 Å². The van der Waals surface area contributed by atoms with Gasteiger partial charge in [-0.2, -0.15) is 0 Å². The van der Waals surface area contributed by atoms with Gasteiger partial charge in [-0.25, -0.2) is 9.78 Å². The number of rotatable bonds is 6. The van der Waals surface area contributed by atoms with Gasteiger partial charge in [0.15, 0.2) is 5.16 Å². The van der Waals surface area contributed by atoms with Crippen molar-refractivity contribution in [2.45, 2.75) is 18.1 Å². The van der Waals surface area contributed by atoms with Crippen LogP contribution in [0.15, 0.2) is 80.8 Å². The van der Waals surface area contributed by atoms with Crippen LogP contribution in [-0.4, -0.2) is 24.9 Å². The average Bonchev–Trinajstić information content (AvgIpc) is 3.36. The maximum atomic E-state index is 13.1. The molecule has 3 heterocycles. The lowest BCUT2D eigenvalue weighted by atomic mass is 10.3. The van der Waals surface area contributed by atoms with Crippen molar-refractivity contribution in [1.29, 1.82) is 0 Å². The van der Waals surface area contributed by atoms with Gasteiger partial charge in [-0.05, 0) is 42.1 Å². The molecule has 5 aromatic rings. The Morgan fingerprint density at radius 1 is 1.00 bits per heavy atom. The second kappa shape index (κ2) is 7.97. The summed E-state index contributed by atoms with van der Waals surface area (Å²) in [6, 6.07) is 19.1. The SMILES string of the molecule is O=c1c2ccsc2nc(SCCCn2c(=O)[nH]c3ccccc32)n1-c1ccccc1. The lowest BCUT2D eigenvalue weighted by Gasteiger charge is -2.12. The molecule has 0 bridgehead atoms. The number of aryl methyl sites for hydroxylation is 1. The summed E-state index contributed by atoms with van der Waals surface area (Å²) in [7, 11) is 0. The smallest absolute Gasteiger partial charge is 0.306 e. The fraction of sp³-hybridized carbons (Fsp3) is 0.136. The number of nitrogens with one attached hydrogen (secondary N) is 1. The third-order valence-electron chi connectivity index (χ3n) is 4.92. The van der Waals surface area contributed by atoms with Crippen LogP contribution >= 0.6 is 23.1 Å². The summed E-state index contributed by atoms with van der Waals surface area (Å²) in [5, 5.41) is 3.21. The zero-order valence-corrected chi connectivity index (χ0v) is 17.6. The molecule has 1 N–H and O–H groups in total. The molecule has 8 heteroatoms. The molecule has 3 aromatic heterocycles. The maximum Gasteiger partial charge on any atom is 0.326 e. The maximum absolute atomic E-state index is 13.1. The Morgan fingerprint density at radius 2 is 1.80 bits per heavy atom. The zero-order valence-electron chi connectivity index (χ0n) is 15.9. The largest absolute Gasteiger partial charge is 0.326 e. The van der Waals surface area contributed by atoms with Crippen molar-refractivity contribution < 1.29 is 0 Å². The number of hydrogen-bond acceptors (Lipinski definition) is 5. The molecule has 0 aliphatic carbocycles. The summed E-state index contributed by atoms with van der Waals surface area (Å²) >= 11 is 3.01. The first-order chi connectivity index (χ1) is 14.7. The number of imidazole rings is 1. The first-order valence-corrected chi connectivity index (χ1v) is 11.4. The molecular formula is C22H18N4O2S2. The van der Waals surface area contributed by atoms with Crippen LogP contribution in [0.4, 0.5) is 0 Å². The van der Waals surface area contributed by atoms with E-state index >= 15 is 0 Å². The van der Waals surface area contributed by atoms with Gasteiger partial charge in [0, 0.05) is 12.3 Å². The van der Waals surface area contributed by atoms with Crippen LogP contribution in [0, 0.1) is 0 Å². The van der Waals surface area contributed by atoms with Crippen molar-refractivity contribution in [3.05, 3.63) is 86.9 Å². The van der Waals surface area contributed by atoms with E-state index in [4.69, 9.17) is 4.98 Å². The molecule has 6 nitrogen and oxygen atoms in total. The molecule has 0 amide bonds. The van der Waals surface area contributed by atoms with Gasteiger partial charge in [-0.3, -0.25) is 13.9 Å². The minimum atomic E-state index is -0.0967. The number of benzene rings is 2. The fourth-order valence-electron chi connectivity index (χ4n) is 3.51. The predicted molar refractivity (Wildman–Crippen MR) is 123 cm³/mol. The quantitative estimate of drug-likeness (QED) is 0.246. The van der Waals surface area contributed by atoms with Crippen molar-refractivity contribution >= 4 is 44.3 Å². The highest BCUT2D eigenvalue weighted by atomic mass is 32.2. The van der Waals surface area contributed by atoms with E-state index in [9.17, 15) is 9.59 Å². The molecule has 0 radical (unpaired) electrons. The fourth-order valence-corrected chi connectivity index (χ4v) is 5.25. The normalized spacial score (nSPS) is 11.5. The summed E-state index contributed by atoms with van der Waals surface area (Å²) in [6.45, 7) is 0.604. The summed E-state index contributed by atoms with van der Waals surface area (Å²) in [5.41, 5.74) is 2.41. The second-order valence-corrected chi connectivity index (χ2v) is 8.77. The summed E-state index contributed by atoms with van der Waals surface area (Å²) < 4.78 is 3.44. The van der Waals surface area contributed by atoms with Gasteiger partial charge in [-0.1, -0.05) is 42.1 Å². The Hall–Kier alpha value is -3.10. The number of thioether (sulfide) groups is 1.